The summed E-state index contributed by atoms with van der Waals surface area (Å²) < 4.78 is 5.48. The Morgan fingerprint density at radius 2 is 1.90 bits per heavy atom. The molecule has 0 spiro atoms. The summed E-state index contributed by atoms with van der Waals surface area (Å²) in [4.78, 5) is 6.49. The summed E-state index contributed by atoms with van der Waals surface area (Å²) in [6, 6.07) is 8.24. The Hall–Kier alpha value is -1.39. The molecular formula is C17H23N2OS+. The second-order valence-electron chi connectivity index (χ2n) is 5.59. The first-order valence-electron chi connectivity index (χ1n) is 7.86. The van der Waals surface area contributed by atoms with Crippen LogP contribution in [0, 0.1) is 0 Å². The van der Waals surface area contributed by atoms with Gasteiger partial charge in [0.25, 0.3) is 0 Å². The van der Waals surface area contributed by atoms with Crippen LogP contribution >= 0.6 is 11.3 Å². The number of aromatic nitrogens is 1. The van der Waals surface area contributed by atoms with Crippen molar-refractivity contribution in [1.29, 1.82) is 0 Å². The van der Waals surface area contributed by atoms with Gasteiger partial charge >= 0.3 is 0 Å². The van der Waals surface area contributed by atoms with Gasteiger partial charge in [-0.15, -0.1) is 11.3 Å². The van der Waals surface area contributed by atoms with E-state index in [1.807, 2.05) is 19.1 Å². The number of piperidine rings is 1. The lowest BCUT2D eigenvalue weighted by Crippen LogP contribution is -3.11. The fourth-order valence-corrected chi connectivity index (χ4v) is 3.69. The molecule has 1 saturated heterocycles. The largest absolute Gasteiger partial charge is 0.494 e. The molecule has 1 aromatic heterocycles. The number of ether oxygens (including phenoxy) is 1. The summed E-state index contributed by atoms with van der Waals surface area (Å²) in [5.41, 5.74) is 2.42. The van der Waals surface area contributed by atoms with Crippen LogP contribution in [0.15, 0.2) is 29.6 Å². The molecule has 0 unspecified atom stereocenters. The lowest BCUT2D eigenvalue weighted by molar-refractivity contribution is -0.918. The Kier molecular flexibility index (Phi) is 4.88. The Bertz CT molecular complexity index is 558. The van der Waals surface area contributed by atoms with Gasteiger partial charge in [-0.1, -0.05) is 0 Å². The summed E-state index contributed by atoms with van der Waals surface area (Å²) in [5, 5.41) is 3.33. The summed E-state index contributed by atoms with van der Waals surface area (Å²) in [6.07, 6.45) is 4.13. The highest BCUT2D eigenvalue weighted by Crippen LogP contribution is 2.25. The standard InChI is InChI=1S/C17H22N2OS/c1-2-20-16-8-6-14(7-9-16)17-18-15(13-21-17)12-19-10-4-3-5-11-19/h6-9,13H,2-5,10-12H2,1H3/p+1. The van der Waals surface area contributed by atoms with Crippen LogP contribution in [0.2, 0.25) is 0 Å². The van der Waals surface area contributed by atoms with E-state index in [0.717, 1.165) is 17.3 Å². The van der Waals surface area contributed by atoms with Crippen molar-refractivity contribution in [3.63, 3.8) is 0 Å². The number of thiazole rings is 1. The van der Waals surface area contributed by atoms with E-state index in [-0.39, 0.29) is 0 Å². The molecule has 2 aromatic rings. The maximum Gasteiger partial charge on any atom is 0.123 e. The molecule has 1 aliphatic rings. The van der Waals surface area contributed by atoms with Crippen LogP contribution in [0.3, 0.4) is 0 Å². The number of likely N-dealkylation sites (tertiary alicyclic amines) is 1. The summed E-state index contributed by atoms with van der Waals surface area (Å²) in [7, 11) is 0. The summed E-state index contributed by atoms with van der Waals surface area (Å²) >= 11 is 1.75. The highest BCUT2D eigenvalue weighted by atomic mass is 32.1. The molecule has 1 N–H and O–H groups in total. The zero-order valence-corrected chi connectivity index (χ0v) is 13.4. The number of hydrogen-bond acceptors (Lipinski definition) is 3. The van der Waals surface area contributed by atoms with Crippen LogP contribution in [0.4, 0.5) is 0 Å². The fraction of sp³-hybridized carbons (Fsp3) is 0.471. The molecule has 2 heterocycles. The highest BCUT2D eigenvalue weighted by molar-refractivity contribution is 7.13. The van der Waals surface area contributed by atoms with Crippen molar-refractivity contribution in [3.8, 4) is 16.3 Å². The van der Waals surface area contributed by atoms with Crippen molar-refractivity contribution in [2.45, 2.75) is 32.7 Å². The average Bonchev–Trinajstić information content (AvgIpc) is 2.98. The molecule has 0 aliphatic carbocycles. The molecule has 0 bridgehead atoms. The van der Waals surface area contributed by atoms with E-state index >= 15 is 0 Å². The molecule has 4 heteroatoms. The zero-order valence-electron chi connectivity index (χ0n) is 12.6. The molecule has 0 saturated carbocycles. The molecule has 3 nitrogen and oxygen atoms in total. The second-order valence-corrected chi connectivity index (χ2v) is 6.45. The molecule has 1 fully saturated rings. The first-order valence-corrected chi connectivity index (χ1v) is 8.74. The topological polar surface area (TPSA) is 26.6 Å². The number of nitrogens with one attached hydrogen (secondary N) is 1. The number of quaternary nitrogens is 1. The van der Waals surface area contributed by atoms with Crippen LogP contribution < -0.4 is 9.64 Å². The predicted molar refractivity (Wildman–Crippen MR) is 87.0 cm³/mol. The van der Waals surface area contributed by atoms with Gasteiger partial charge in [0, 0.05) is 10.9 Å². The van der Waals surface area contributed by atoms with E-state index in [4.69, 9.17) is 9.72 Å². The maximum atomic E-state index is 5.48. The number of rotatable bonds is 5. The van der Waals surface area contributed by atoms with E-state index in [9.17, 15) is 0 Å². The quantitative estimate of drug-likeness (QED) is 0.919. The fourth-order valence-electron chi connectivity index (χ4n) is 2.87. The van der Waals surface area contributed by atoms with Crippen molar-refractivity contribution < 1.29 is 9.64 Å². The van der Waals surface area contributed by atoms with Crippen molar-refractivity contribution >= 4 is 11.3 Å². The predicted octanol–water partition coefficient (Wildman–Crippen LogP) is 2.78. The highest BCUT2D eigenvalue weighted by Gasteiger charge is 2.15. The van der Waals surface area contributed by atoms with Crippen molar-refractivity contribution in [2.75, 3.05) is 19.7 Å². The van der Waals surface area contributed by atoms with Crippen LogP contribution in [0.5, 0.6) is 5.75 Å². The summed E-state index contributed by atoms with van der Waals surface area (Å²) in [6.45, 7) is 6.39. The van der Waals surface area contributed by atoms with Crippen LogP contribution in [0.25, 0.3) is 10.6 Å². The Morgan fingerprint density at radius 3 is 2.62 bits per heavy atom. The first-order chi connectivity index (χ1) is 10.3. The van der Waals surface area contributed by atoms with E-state index < -0.39 is 0 Å². The lowest BCUT2D eigenvalue weighted by atomic mass is 10.1. The van der Waals surface area contributed by atoms with Gasteiger partial charge in [-0.25, -0.2) is 4.98 Å². The van der Waals surface area contributed by atoms with Gasteiger partial charge in [0.2, 0.25) is 0 Å². The van der Waals surface area contributed by atoms with Crippen LogP contribution in [-0.2, 0) is 6.54 Å². The van der Waals surface area contributed by atoms with Crippen LogP contribution in [-0.4, -0.2) is 24.7 Å². The smallest absolute Gasteiger partial charge is 0.123 e. The molecule has 0 radical (unpaired) electrons. The van der Waals surface area contributed by atoms with Crippen molar-refractivity contribution in [3.05, 3.63) is 35.3 Å². The molecule has 3 rings (SSSR count). The number of nitrogens with zero attached hydrogens (tertiary/aromatic N) is 1. The SMILES string of the molecule is CCOc1ccc(-c2nc(C[NH+]3CCCCC3)cs2)cc1. The van der Waals surface area contributed by atoms with Crippen LogP contribution in [0.1, 0.15) is 31.9 Å². The summed E-state index contributed by atoms with van der Waals surface area (Å²) in [5.74, 6) is 0.927. The van der Waals surface area contributed by atoms with Gasteiger partial charge in [0.1, 0.15) is 23.0 Å². The maximum absolute atomic E-state index is 5.48. The average molecular weight is 303 g/mol. The van der Waals surface area contributed by atoms with Gasteiger partial charge in [-0.05, 0) is 50.5 Å². The van der Waals surface area contributed by atoms with E-state index in [0.29, 0.717) is 6.61 Å². The van der Waals surface area contributed by atoms with Gasteiger partial charge in [-0.3, -0.25) is 0 Å². The molecule has 1 aliphatic heterocycles. The second kappa shape index (κ2) is 7.05. The Labute approximate surface area is 130 Å². The van der Waals surface area contributed by atoms with E-state index in [1.54, 1.807) is 16.2 Å². The normalized spacial score (nSPS) is 16.0. The van der Waals surface area contributed by atoms with E-state index in [1.165, 1.54) is 43.6 Å². The minimum Gasteiger partial charge on any atom is -0.494 e. The third-order valence-corrected chi connectivity index (χ3v) is 4.90. The molecular weight excluding hydrogens is 280 g/mol. The molecule has 0 atom stereocenters. The number of benzene rings is 1. The minimum absolute atomic E-state index is 0.708. The Morgan fingerprint density at radius 1 is 1.14 bits per heavy atom. The van der Waals surface area contributed by atoms with Gasteiger partial charge in [-0.2, -0.15) is 0 Å². The zero-order chi connectivity index (χ0) is 14.5. The van der Waals surface area contributed by atoms with Crippen molar-refractivity contribution in [1.82, 2.24) is 4.98 Å². The third kappa shape index (κ3) is 3.83. The van der Waals surface area contributed by atoms with Gasteiger partial charge in [0.05, 0.1) is 19.7 Å². The Balaban J connectivity index is 1.66. The third-order valence-electron chi connectivity index (χ3n) is 3.96. The van der Waals surface area contributed by atoms with Gasteiger partial charge < -0.3 is 9.64 Å². The molecule has 1 aromatic carbocycles. The minimum atomic E-state index is 0.708. The molecule has 0 amide bonds. The van der Waals surface area contributed by atoms with Gasteiger partial charge in [0.15, 0.2) is 0 Å². The molecule has 21 heavy (non-hydrogen) atoms. The first kappa shape index (κ1) is 14.5. The van der Waals surface area contributed by atoms with E-state index in [2.05, 4.69) is 17.5 Å². The molecule has 112 valence electrons. The lowest BCUT2D eigenvalue weighted by Gasteiger charge is -2.22. The monoisotopic (exact) mass is 303 g/mol. The number of hydrogen-bond donors (Lipinski definition) is 1. The van der Waals surface area contributed by atoms with Crippen molar-refractivity contribution in [2.24, 2.45) is 0 Å².